The smallest absolute Gasteiger partial charge is 0.348 e. The minimum absolute atomic E-state index is 0.0411. The van der Waals surface area contributed by atoms with Gasteiger partial charge in [0.1, 0.15) is 0 Å². The molecule has 7 nitrogen and oxygen atoms in total. The second-order valence-electron chi connectivity index (χ2n) is 7.16. The van der Waals surface area contributed by atoms with E-state index in [2.05, 4.69) is 10.3 Å². The van der Waals surface area contributed by atoms with Crippen LogP contribution in [0.4, 0.5) is 13.2 Å². The van der Waals surface area contributed by atoms with Crippen LogP contribution in [-0.2, 0) is 10.3 Å². The maximum Gasteiger partial charge on any atom is 0.471 e. The first-order valence-electron chi connectivity index (χ1n) is 8.05. The molecule has 0 radical (unpaired) electrons. The van der Waals surface area contributed by atoms with Crippen molar-refractivity contribution in [3.63, 3.8) is 0 Å². The van der Waals surface area contributed by atoms with Crippen LogP contribution in [0.3, 0.4) is 0 Å². The number of likely N-dealkylation sites (tertiary alicyclic amines) is 1. The Morgan fingerprint density at radius 2 is 1.84 bits per heavy atom. The topological polar surface area (TPSA) is 80.1 Å². The van der Waals surface area contributed by atoms with Crippen molar-refractivity contribution in [2.75, 3.05) is 19.6 Å². The average molecular weight is 361 g/mol. The van der Waals surface area contributed by atoms with Gasteiger partial charge in [-0.15, -0.1) is 5.10 Å². The van der Waals surface area contributed by atoms with Crippen LogP contribution in [0.5, 0.6) is 0 Å². The third kappa shape index (κ3) is 4.93. The Kier molecular flexibility index (Phi) is 5.38. The molecule has 1 fully saturated rings. The summed E-state index contributed by atoms with van der Waals surface area (Å²) in [5, 5.41) is 9.75. The molecule has 0 bridgehead atoms. The molecule has 1 N–H and O–H groups in total. The summed E-state index contributed by atoms with van der Waals surface area (Å²) in [4.78, 5) is 24.9. The molecule has 1 aliphatic rings. The molecule has 0 spiro atoms. The summed E-state index contributed by atoms with van der Waals surface area (Å²) in [6.07, 6.45) is -2.22. The minimum atomic E-state index is -4.87. The van der Waals surface area contributed by atoms with Crippen molar-refractivity contribution in [3.05, 3.63) is 11.9 Å². The highest BCUT2D eigenvalue weighted by atomic mass is 19.4. The van der Waals surface area contributed by atoms with Crippen LogP contribution in [0.1, 0.15) is 44.1 Å². The van der Waals surface area contributed by atoms with Crippen molar-refractivity contribution < 1.29 is 22.8 Å². The zero-order chi connectivity index (χ0) is 18.8. The average Bonchev–Trinajstić information content (AvgIpc) is 3.01. The lowest BCUT2D eigenvalue weighted by atomic mass is 9.96. The van der Waals surface area contributed by atoms with Crippen LogP contribution in [0.2, 0.25) is 0 Å². The summed E-state index contributed by atoms with van der Waals surface area (Å²) >= 11 is 0. The Hall–Kier alpha value is -2.13. The summed E-state index contributed by atoms with van der Waals surface area (Å²) in [5.74, 6) is -2.25. The summed E-state index contributed by atoms with van der Waals surface area (Å²) in [6, 6.07) is 0. The molecule has 0 unspecified atom stereocenters. The predicted octanol–water partition coefficient (Wildman–Crippen LogP) is 1.56. The number of hydrogen-bond acceptors (Lipinski definition) is 4. The molecule has 1 aromatic rings. The number of alkyl halides is 3. The van der Waals surface area contributed by atoms with Gasteiger partial charge in [0.05, 0.1) is 11.7 Å². The van der Waals surface area contributed by atoms with Gasteiger partial charge in [0.2, 0.25) is 0 Å². The number of carbonyl (C=O) groups is 2. The van der Waals surface area contributed by atoms with Gasteiger partial charge in [-0.1, -0.05) is 5.21 Å². The first-order chi connectivity index (χ1) is 11.5. The molecule has 10 heteroatoms. The predicted molar refractivity (Wildman–Crippen MR) is 82.7 cm³/mol. The van der Waals surface area contributed by atoms with Crippen molar-refractivity contribution in [2.45, 2.75) is 45.3 Å². The molecule has 1 aliphatic heterocycles. The molecular weight excluding hydrogens is 339 g/mol. The van der Waals surface area contributed by atoms with Crippen molar-refractivity contribution in [3.8, 4) is 0 Å². The number of carbonyl (C=O) groups excluding carboxylic acids is 2. The van der Waals surface area contributed by atoms with E-state index in [1.54, 1.807) is 15.8 Å². The molecular formula is C15H22F3N5O2. The number of rotatable bonds is 3. The molecule has 140 valence electrons. The zero-order valence-corrected chi connectivity index (χ0v) is 14.4. The van der Waals surface area contributed by atoms with Gasteiger partial charge in [-0.3, -0.25) is 9.59 Å². The summed E-state index contributed by atoms with van der Waals surface area (Å²) in [7, 11) is 0. The maximum atomic E-state index is 12.4. The minimum Gasteiger partial charge on any atom is -0.348 e. The Labute approximate surface area is 143 Å². The molecule has 2 rings (SSSR count). The number of halogens is 3. The number of aromatic nitrogens is 3. The third-order valence-electron chi connectivity index (χ3n) is 4.11. The van der Waals surface area contributed by atoms with Crippen LogP contribution >= 0.6 is 0 Å². The van der Waals surface area contributed by atoms with Crippen molar-refractivity contribution >= 4 is 11.8 Å². The second kappa shape index (κ2) is 7.01. The van der Waals surface area contributed by atoms with Gasteiger partial charge < -0.3 is 10.2 Å². The maximum absolute atomic E-state index is 12.4. The number of nitrogens with one attached hydrogen (secondary N) is 1. The second-order valence-corrected chi connectivity index (χ2v) is 7.16. The quantitative estimate of drug-likeness (QED) is 0.886. The molecule has 1 aromatic heterocycles. The highest BCUT2D eigenvalue weighted by molar-refractivity contribution is 5.92. The van der Waals surface area contributed by atoms with Gasteiger partial charge in [-0.05, 0) is 39.5 Å². The van der Waals surface area contributed by atoms with E-state index in [0.29, 0.717) is 25.9 Å². The zero-order valence-electron chi connectivity index (χ0n) is 14.4. The fourth-order valence-corrected chi connectivity index (χ4v) is 2.53. The number of hydrogen-bond donors (Lipinski definition) is 1. The van der Waals surface area contributed by atoms with Gasteiger partial charge in [0.25, 0.3) is 5.91 Å². The lowest BCUT2D eigenvalue weighted by Crippen LogP contribution is -2.44. The van der Waals surface area contributed by atoms with Crippen LogP contribution < -0.4 is 5.32 Å². The monoisotopic (exact) mass is 361 g/mol. The number of piperidine rings is 1. The Balaban J connectivity index is 1.84. The lowest BCUT2D eigenvalue weighted by molar-refractivity contribution is -0.173. The van der Waals surface area contributed by atoms with E-state index in [4.69, 9.17) is 0 Å². The first kappa shape index (κ1) is 19.2. The van der Waals surface area contributed by atoms with Gasteiger partial charge in [0, 0.05) is 19.6 Å². The van der Waals surface area contributed by atoms with Gasteiger partial charge in [-0.2, -0.15) is 13.2 Å². The largest absolute Gasteiger partial charge is 0.471 e. The van der Waals surface area contributed by atoms with Crippen LogP contribution in [0.15, 0.2) is 6.20 Å². The van der Waals surface area contributed by atoms with E-state index in [9.17, 15) is 22.8 Å². The summed E-state index contributed by atoms with van der Waals surface area (Å²) < 4.78 is 38.1. The number of amides is 2. The van der Waals surface area contributed by atoms with E-state index in [0.717, 1.165) is 0 Å². The fourth-order valence-electron chi connectivity index (χ4n) is 2.53. The highest BCUT2D eigenvalue weighted by Crippen LogP contribution is 2.20. The number of nitrogens with zero attached hydrogens (tertiary/aromatic N) is 4. The van der Waals surface area contributed by atoms with E-state index in [1.165, 1.54) is 0 Å². The SMILES string of the molecule is CC(C)(C)n1cc(C(=O)N2CCC(CNC(=O)C(F)(F)F)CC2)nn1. The molecule has 1 saturated heterocycles. The molecule has 0 aliphatic carbocycles. The normalized spacial score (nSPS) is 16.8. The van der Waals surface area contributed by atoms with Crippen molar-refractivity contribution in [2.24, 2.45) is 5.92 Å². The summed E-state index contributed by atoms with van der Waals surface area (Å²) in [5.41, 5.74) is -0.0337. The molecule has 0 saturated carbocycles. The Bertz CT molecular complexity index is 628. The third-order valence-corrected chi connectivity index (χ3v) is 4.11. The standard InChI is InChI=1S/C15H22F3N5O2/c1-14(2,3)23-9-11(20-21-23)12(24)22-6-4-10(5-7-22)8-19-13(25)15(16,17)18/h9-10H,4-8H2,1-3H3,(H,19,25). The van der Waals surface area contributed by atoms with Gasteiger partial charge in [0.15, 0.2) is 5.69 Å². The van der Waals surface area contributed by atoms with Crippen molar-refractivity contribution in [1.29, 1.82) is 0 Å². The Morgan fingerprint density at radius 3 is 2.32 bits per heavy atom. The molecule has 25 heavy (non-hydrogen) atoms. The fraction of sp³-hybridized carbons (Fsp3) is 0.733. The van der Waals surface area contributed by atoms with E-state index >= 15 is 0 Å². The Morgan fingerprint density at radius 1 is 1.24 bits per heavy atom. The van der Waals surface area contributed by atoms with Crippen molar-refractivity contribution in [1.82, 2.24) is 25.2 Å². The van der Waals surface area contributed by atoms with Crippen LogP contribution in [0, 0.1) is 5.92 Å². The van der Waals surface area contributed by atoms with E-state index in [1.807, 2.05) is 26.1 Å². The van der Waals surface area contributed by atoms with Gasteiger partial charge >= 0.3 is 12.1 Å². The highest BCUT2D eigenvalue weighted by Gasteiger charge is 2.38. The lowest BCUT2D eigenvalue weighted by Gasteiger charge is -2.31. The van der Waals surface area contributed by atoms with Crippen LogP contribution in [-0.4, -0.2) is 57.5 Å². The molecule has 0 atom stereocenters. The van der Waals surface area contributed by atoms with E-state index in [-0.39, 0.29) is 29.6 Å². The summed E-state index contributed by atoms with van der Waals surface area (Å²) in [6.45, 7) is 6.60. The molecule has 2 amide bonds. The molecule has 0 aromatic carbocycles. The van der Waals surface area contributed by atoms with Crippen LogP contribution in [0.25, 0.3) is 0 Å². The molecule has 2 heterocycles. The van der Waals surface area contributed by atoms with Gasteiger partial charge in [-0.25, -0.2) is 4.68 Å². The van der Waals surface area contributed by atoms with E-state index < -0.39 is 12.1 Å². The first-order valence-corrected chi connectivity index (χ1v) is 8.05.